The third kappa shape index (κ3) is 2.75. The van der Waals surface area contributed by atoms with Gasteiger partial charge in [0, 0.05) is 0 Å². The van der Waals surface area contributed by atoms with Crippen molar-refractivity contribution in [3.8, 4) is 0 Å². The van der Waals surface area contributed by atoms with Gasteiger partial charge in [0.1, 0.15) is 0 Å². The molecule has 0 heterocycles. The molecule has 4 aliphatic rings. The van der Waals surface area contributed by atoms with Crippen molar-refractivity contribution in [3.05, 3.63) is 0 Å². The summed E-state index contributed by atoms with van der Waals surface area (Å²) in [5, 5.41) is 0. The Morgan fingerprint density at radius 3 is 2.19 bits per heavy atom. The molecule has 0 aliphatic heterocycles. The molecule has 4 saturated carbocycles. The Morgan fingerprint density at radius 2 is 1.50 bits per heavy atom. The van der Waals surface area contributed by atoms with Crippen LogP contribution in [-0.2, 0) is 0 Å². The second-order valence-corrected chi connectivity index (χ2v) is 12.0. The predicted molar refractivity (Wildman–Crippen MR) is 113 cm³/mol. The van der Waals surface area contributed by atoms with Crippen molar-refractivity contribution in [2.75, 3.05) is 0 Å². The molecule has 0 N–H and O–H groups in total. The Bertz CT molecular complexity index is 506. The van der Waals surface area contributed by atoms with Gasteiger partial charge in [-0.3, -0.25) is 0 Å². The molecule has 4 rings (SSSR count). The van der Waals surface area contributed by atoms with Crippen molar-refractivity contribution in [1.29, 1.82) is 0 Å². The van der Waals surface area contributed by atoms with Gasteiger partial charge in [0.25, 0.3) is 0 Å². The zero-order valence-electron chi connectivity index (χ0n) is 18.7. The average molecular weight is 359 g/mol. The summed E-state index contributed by atoms with van der Waals surface area (Å²) in [4.78, 5) is 0. The average Bonchev–Trinajstić information content (AvgIpc) is 2.97. The van der Waals surface area contributed by atoms with Gasteiger partial charge in [-0.05, 0) is 116 Å². The summed E-state index contributed by atoms with van der Waals surface area (Å²) < 4.78 is 0. The van der Waals surface area contributed by atoms with Crippen LogP contribution < -0.4 is 0 Å². The monoisotopic (exact) mass is 358 g/mol. The molecule has 0 radical (unpaired) electrons. The zero-order valence-corrected chi connectivity index (χ0v) is 18.7. The minimum Gasteiger partial charge on any atom is -0.0651 e. The lowest BCUT2D eigenvalue weighted by molar-refractivity contribution is -0.122. The Hall–Kier alpha value is 0. The van der Waals surface area contributed by atoms with Crippen LogP contribution in [0.25, 0.3) is 0 Å². The molecule has 26 heavy (non-hydrogen) atoms. The summed E-state index contributed by atoms with van der Waals surface area (Å²) in [5.74, 6) is 8.03. The summed E-state index contributed by atoms with van der Waals surface area (Å²) in [5.41, 5.74) is 1.35. The van der Waals surface area contributed by atoms with Crippen LogP contribution in [0.5, 0.6) is 0 Å². The van der Waals surface area contributed by atoms with Crippen LogP contribution in [0.4, 0.5) is 0 Å². The van der Waals surface area contributed by atoms with E-state index in [1.54, 1.807) is 44.9 Å². The molecule has 0 heteroatoms. The molecule has 0 bridgehead atoms. The Balaban J connectivity index is 1.56. The first-order valence-corrected chi connectivity index (χ1v) is 12.3. The molecular formula is C26H46. The molecule has 0 nitrogen and oxygen atoms in total. The zero-order chi connectivity index (χ0) is 18.7. The van der Waals surface area contributed by atoms with Gasteiger partial charge in [0.2, 0.25) is 0 Å². The summed E-state index contributed by atoms with van der Waals surface area (Å²) in [6.45, 7) is 15.4. The number of fused-ring (bicyclic) bond motifs is 5. The van der Waals surface area contributed by atoms with Gasteiger partial charge in [-0.2, -0.15) is 0 Å². The topological polar surface area (TPSA) is 0 Å². The van der Waals surface area contributed by atoms with Crippen molar-refractivity contribution in [1.82, 2.24) is 0 Å². The lowest BCUT2D eigenvalue weighted by atomic mass is 9.44. The van der Waals surface area contributed by atoms with Gasteiger partial charge >= 0.3 is 0 Å². The maximum absolute atomic E-state index is 2.74. The molecule has 0 aromatic heterocycles. The highest BCUT2D eigenvalue weighted by molar-refractivity contribution is 5.09. The third-order valence-electron chi connectivity index (χ3n) is 11.1. The molecule has 4 aliphatic carbocycles. The van der Waals surface area contributed by atoms with Gasteiger partial charge < -0.3 is 0 Å². The molecule has 0 saturated heterocycles. The normalized spacial score (nSPS) is 52.3. The molecule has 0 aromatic carbocycles. The van der Waals surface area contributed by atoms with E-state index in [9.17, 15) is 0 Å². The van der Waals surface area contributed by atoms with Crippen LogP contribution in [0.1, 0.15) is 106 Å². The van der Waals surface area contributed by atoms with E-state index in [2.05, 4.69) is 41.5 Å². The van der Waals surface area contributed by atoms with Crippen molar-refractivity contribution in [2.45, 2.75) is 106 Å². The minimum absolute atomic E-state index is 0.661. The van der Waals surface area contributed by atoms with Crippen LogP contribution in [-0.4, -0.2) is 0 Å². The first-order valence-electron chi connectivity index (χ1n) is 12.3. The quantitative estimate of drug-likeness (QED) is 0.480. The van der Waals surface area contributed by atoms with E-state index >= 15 is 0 Å². The highest BCUT2D eigenvalue weighted by Gasteiger charge is 2.60. The lowest BCUT2D eigenvalue weighted by Gasteiger charge is -2.61. The van der Waals surface area contributed by atoms with Crippen LogP contribution in [0.15, 0.2) is 0 Å². The van der Waals surface area contributed by atoms with Crippen molar-refractivity contribution >= 4 is 0 Å². The van der Waals surface area contributed by atoms with E-state index in [1.807, 2.05) is 0 Å². The predicted octanol–water partition coefficient (Wildman–Crippen LogP) is 7.96. The third-order valence-corrected chi connectivity index (χ3v) is 11.1. The number of rotatable bonds is 3. The van der Waals surface area contributed by atoms with Crippen molar-refractivity contribution in [2.24, 2.45) is 58.2 Å². The maximum Gasteiger partial charge on any atom is -0.0264 e. The van der Waals surface area contributed by atoms with Crippen molar-refractivity contribution < 1.29 is 0 Å². The van der Waals surface area contributed by atoms with Gasteiger partial charge in [-0.1, -0.05) is 48.0 Å². The van der Waals surface area contributed by atoms with Crippen LogP contribution in [0.3, 0.4) is 0 Å². The Labute approximate surface area is 164 Å². The van der Waals surface area contributed by atoms with Gasteiger partial charge in [0.15, 0.2) is 0 Å². The first kappa shape index (κ1) is 19.3. The van der Waals surface area contributed by atoms with Gasteiger partial charge in [-0.15, -0.1) is 0 Å². The summed E-state index contributed by atoms with van der Waals surface area (Å²) in [6.07, 6.45) is 15.4. The van der Waals surface area contributed by atoms with E-state index in [0.29, 0.717) is 10.8 Å². The van der Waals surface area contributed by atoms with E-state index in [-0.39, 0.29) is 0 Å². The van der Waals surface area contributed by atoms with Gasteiger partial charge in [0.05, 0.1) is 0 Å². The highest BCUT2D eigenvalue weighted by atomic mass is 14.6. The fourth-order valence-corrected chi connectivity index (χ4v) is 9.09. The van der Waals surface area contributed by atoms with Crippen LogP contribution in [0, 0.1) is 58.2 Å². The van der Waals surface area contributed by atoms with E-state index in [1.165, 1.54) is 19.3 Å². The molecule has 0 spiro atoms. The van der Waals surface area contributed by atoms with Crippen LogP contribution >= 0.6 is 0 Å². The molecule has 0 amide bonds. The summed E-state index contributed by atoms with van der Waals surface area (Å²) in [7, 11) is 0. The smallest absolute Gasteiger partial charge is 0.0264 e. The minimum atomic E-state index is 0.661. The summed E-state index contributed by atoms with van der Waals surface area (Å²) in [6, 6.07) is 0. The largest absolute Gasteiger partial charge is 0.0651 e. The standard InChI is InChI=1S/C26H46/c1-7-19-12-14-25(5)20(16-19)8-9-21-23-11-10-22(18(4)17(2)3)26(23,6)15-13-24(21)25/h17-24H,7-16H2,1-6H3. The Kier molecular flexibility index (Phi) is 5.06. The second-order valence-electron chi connectivity index (χ2n) is 12.0. The summed E-state index contributed by atoms with van der Waals surface area (Å²) >= 11 is 0. The van der Waals surface area contributed by atoms with E-state index in [4.69, 9.17) is 0 Å². The fourth-order valence-electron chi connectivity index (χ4n) is 9.09. The van der Waals surface area contributed by atoms with Crippen molar-refractivity contribution in [3.63, 3.8) is 0 Å². The molecule has 0 aromatic rings. The van der Waals surface area contributed by atoms with E-state index < -0.39 is 0 Å². The number of hydrogen-bond donors (Lipinski definition) is 0. The Morgan fingerprint density at radius 1 is 0.808 bits per heavy atom. The molecule has 4 fully saturated rings. The molecular weight excluding hydrogens is 312 g/mol. The number of hydrogen-bond acceptors (Lipinski definition) is 0. The molecule has 9 unspecified atom stereocenters. The fraction of sp³-hybridized carbons (Fsp3) is 1.00. The van der Waals surface area contributed by atoms with E-state index in [0.717, 1.165) is 47.3 Å². The van der Waals surface area contributed by atoms with Crippen LogP contribution in [0.2, 0.25) is 0 Å². The molecule has 9 atom stereocenters. The second kappa shape index (κ2) is 6.81. The SMILES string of the molecule is CCC1CCC2(C)C(CCC3C2CCC2(C)C(C(C)C(C)C)CCC32)C1. The lowest BCUT2D eigenvalue weighted by Crippen LogP contribution is -2.53. The van der Waals surface area contributed by atoms with Gasteiger partial charge in [-0.25, -0.2) is 0 Å². The highest BCUT2D eigenvalue weighted by Crippen LogP contribution is 2.68. The maximum atomic E-state index is 2.74. The first-order chi connectivity index (χ1) is 12.3. The molecule has 150 valence electrons.